The van der Waals surface area contributed by atoms with Crippen LogP contribution < -0.4 is 0 Å². The smallest absolute Gasteiger partial charge is 0.172 e. The summed E-state index contributed by atoms with van der Waals surface area (Å²) in [5.74, 6) is 0.692. The molecule has 1 aliphatic heterocycles. The van der Waals surface area contributed by atoms with Crippen molar-refractivity contribution in [3.63, 3.8) is 0 Å². The summed E-state index contributed by atoms with van der Waals surface area (Å²) in [7, 11) is 1.47. The van der Waals surface area contributed by atoms with Crippen LogP contribution in [0.5, 0.6) is 0 Å². The van der Waals surface area contributed by atoms with Gasteiger partial charge in [-0.2, -0.15) is 0 Å². The quantitative estimate of drug-likeness (QED) is 0.392. The highest BCUT2D eigenvalue weighted by Gasteiger charge is 2.07. The van der Waals surface area contributed by atoms with E-state index in [-0.39, 0.29) is 9.29 Å². The van der Waals surface area contributed by atoms with E-state index in [0.29, 0.717) is 5.84 Å². The summed E-state index contributed by atoms with van der Waals surface area (Å²) in [6, 6.07) is 0. The molecule has 62 valence electrons. The first-order valence-electron chi connectivity index (χ1n) is 3.50. The Labute approximate surface area is 73.4 Å². The van der Waals surface area contributed by atoms with E-state index in [1.54, 1.807) is 13.3 Å². The molecule has 0 N–H and O–H groups in total. The maximum Gasteiger partial charge on any atom is 0.172 e. The Bertz CT molecular complexity index is 311. The minimum Gasteiger partial charge on any atom is -0.314 e. The highest BCUT2D eigenvalue weighted by atomic mass is 28.2. The predicted octanol–water partition coefficient (Wildman–Crippen LogP) is -0.258. The predicted molar refractivity (Wildman–Crippen MR) is 56.7 cm³/mol. The van der Waals surface area contributed by atoms with Crippen molar-refractivity contribution in [1.29, 1.82) is 0 Å². The fourth-order valence-corrected chi connectivity index (χ4v) is 1.44. The van der Waals surface area contributed by atoms with E-state index in [0.717, 1.165) is 11.0 Å². The third kappa shape index (κ3) is 1.88. The fraction of sp³-hybridized carbons (Fsp3) is 0.286. The lowest BCUT2D eigenvalue weighted by molar-refractivity contribution is 1.41. The Morgan fingerprint density at radius 3 is 2.92 bits per heavy atom. The van der Waals surface area contributed by atoms with Gasteiger partial charge in [0, 0.05) is 13.3 Å². The zero-order chi connectivity index (χ0) is 8.97. The standard InChI is InChI=1S/C7H10N4Si/c1-5-4-10-7(12-9-3)6(8-2)11-5/h4,12H,3H2,1-2H3/b8-6?,12-7+. The normalized spacial score (nSPS) is 23.0. The maximum absolute atomic E-state index is 4.21. The van der Waals surface area contributed by atoms with Gasteiger partial charge in [-0.25, -0.2) is 4.99 Å². The van der Waals surface area contributed by atoms with Crippen molar-refractivity contribution < 1.29 is 0 Å². The molecule has 0 spiro atoms. The second-order valence-electron chi connectivity index (χ2n) is 2.26. The summed E-state index contributed by atoms with van der Waals surface area (Å²) < 4.78 is 3.82. The molecule has 12 heavy (non-hydrogen) atoms. The van der Waals surface area contributed by atoms with Crippen LogP contribution in [0.25, 0.3) is 0 Å². The molecule has 0 saturated carbocycles. The van der Waals surface area contributed by atoms with Crippen LogP contribution in [-0.2, 0) is 0 Å². The zero-order valence-electron chi connectivity index (χ0n) is 7.15. The van der Waals surface area contributed by atoms with Gasteiger partial charge < -0.3 is 4.66 Å². The molecule has 4 nitrogen and oxygen atoms in total. The fourth-order valence-electron chi connectivity index (χ4n) is 0.816. The number of amidine groups is 1. The van der Waals surface area contributed by atoms with Crippen LogP contribution in [0.1, 0.15) is 6.92 Å². The second kappa shape index (κ2) is 3.96. The topological polar surface area (TPSA) is 49.4 Å². The van der Waals surface area contributed by atoms with E-state index in [2.05, 4.69) is 26.4 Å². The number of hydrogen-bond acceptors (Lipinski definition) is 3. The first kappa shape index (κ1) is 8.86. The van der Waals surface area contributed by atoms with Crippen LogP contribution >= 0.6 is 0 Å². The van der Waals surface area contributed by atoms with Gasteiger partial charge in [0.2, 0.25) is 0 Å². The monoisotopic (exact) mass is 178 g/mol. The van der Waals surface area contributed by atoms with Gasteiger partial charge in [0.25, 0.3) is 0 Å². The van der Waals surface area contributed by atoms with Crippen LogP contribution in [-0.4, -0.2) is 46.1 Å². The third-order valence-corrected chi connectivity index (χ3v) is 2.16. The van der Waals surface area contributed by atoms with Crippen LogP contribution in [0.15, 0.2) is 19.6 Å². The van der Waals surface area contributed by atoms with Crippen molar-refractivity contribution >= 4 is 39.1 Å². The van der Waals surface area contributed by atoms with Gasteiger partial charge in [0.15, 0.2) is 15.1 Å². The first-order valence-corrected chi connectivity index (χ1v) is 4.60. The van der Waals surface area contributed by atoms with Crippen molar-refractivity contribution in [2.24, 2.45) is 19.6 Å². The zero-order valence-corrected chi connectivity index (χ0v) is 8.31. The number of aliphatic imine (C=N–C) groups is 3. The Morgan fingerprint density at radius 1 is 1.58 bits per heavy atom. The van der Waals surface area contributed by atoms with Gasteiger partial charge in [-0.3, -0.25) is 9.98 Å². The molecule has 0 atom stereocenters. The molecule has 0 fully saturated rings. The van der Waals surface area contributed by atoms with Crippen LogP contribution in [0.2, 0.25) is 0 Å². The molecule has 1 heterocycles. The first-order chi connectivity index (χ1) is 5.77. The molecule has 0 aromatic heterocycles. The Kier molecular flexibility index (Phi) is 2.92. The molecule has 1 rings (SSSR count). The van der Waals surface area contributed by atoms with Crippen LogP contribution in [0, 0.1) is 0 Å². The van der Waals surface area contributed by atoms with Gasteiger partial charge in [-0.05, 0) is 13.6 Å². The lowest BCUT2D eigenvalue weighted by Gasteiger charge is -2.05. The Hall–Kier alpha value is -1.23. The van der Waals surface area contributed by atoms with E-state index < -0.39 is 0 Å². The summed E-state index contributed by atoms with van der Waals surface area (Å²) >= 11 is 0. The van der Waals surface area contributed by atoms with Crippen molar-refractivity contribution in [2.45, 2.75) is 6.92 Å². The van der Waals surface area contributed by atoms with Gasteiger partial charge in [0.1, 0.15) is 5.29 Å². The minimum atomic E-state index is -0.237. The van der Waals surface area contributed by atoms with E-state index in [1.165, 1.54) is 0 Å². The number of nitrogens with zero attached hydrogens (tertiary/aromatic N) is 4. The second-order valence-corrected chi connectivity index (χ2v) is 3.43. The molecule has 5 heteroatoms. The van der Waals surface area contributed by atoms with E-state index in [1.807, 2.05) is 6.92 Å². The Balaban J connectivity index is 3.03. The highest BCUT2D eigenvalue weighted by Crippen LogP contribution is 1.93. The molecule has 0 amide bonds. The molecule has 0 aromatic carbocycles. The molecule has 1 aliphatic rings. The summed E-state index contributed by atoms with van der Waals surface area (Å²) in [6.45, 7) is 5.32. The van der Waals surface area contributed by atoms with Crippen molar-refractivity contribution in [1.82, 2.24) is 0 Å². The molecular formula is C7H10N4Si. The van der Waals surface area contributed by atoms with Gasteiger partial charge in [0.05, 0.1) is 5.71 Å². The van der Waals surface area contributed by atoms with Crippen molar-refractivity contribution in [3.8, 4) is 0 Å². The summed E-state index contributed by atoms with van der Waals surface area (Å²) in [6.07, 6.45) is 1.72. The van der Waals surface area contributed by atoms with Gasteiger partial charge >= 0.3 is 0 Å². The average molecular weight is 178 g/mol. The van der Waals surface area contributed by atoms with Gasteiger partial charge in [-0.1, -0.05) is 0 Å². The van der Waals surface area contributed by atoms with Crippen molar-refractivity contribution in [2.75, 3.05) is 7.05 Å². The lowest BCUT2D eigenvalue weighted by Crippen LogP contribution is -2.20. The summed E-state index contributed by atoms with van der Waals surface area (Å²) in [5.41, 5.74) is 0.878. The lowest BCUT2D eigenvalue weighted by atomic mass is 10.4. The van der Waals surface area contributed by atoms with Crippen molar-refractivity contribution in [3.05, 3.63) is 0 Å². The van der Waals surface area contributed by atoms with E-state index in [4.69, 9.17) is 0 Å². The number of hydrogen-bond donors (Lipinski definition) is 0. The molecule has 0 aromatic rings. The molecular weight excluding hydrogens is 168 g/mol. The highest BCUT2D eigenvalue weighted by molar-refractivity contribution is 6.74. The largest absolute Gasteiger partial charge is 0.314 e. The minimum absolute atomic E-state index is 0.237. The van der Waals surface area contributed by atoms with Crippen LogP contribution in [0.4, 0.5) is 0 Å². The summed E-state index contributed by atoms with van der Waals surface area (Å²) in [5, 5.41) is 0.859. The average Bonchev–Trinajstić information content (AvgIpc) is 2.08. The maximum atomic E-state index is 4.21. The van der Waals surface area contributed by atoms with Crippen LogP contribution in [0.3, 0.4) is 0 Å². The summed E-state index contributed by atoms with van der Waals surface area (Å²) in [4.78, 5) is 12.4. The van der Waals surface area contributed by atoms with E-state index >= 15 is 0 Å². The third-order valence-electron chi connectivity index (χ3n) is 1.33. The Morgan fingerprint density at radius 2 is 2.33 bits per heavy atom. The molecule has 0 unspecified atom stereocenters. The van der Waals surface area contributed by atoms with Gasteiger partial charge in [-0.15, -0.1) is 0 Å². The molecule has 0 radical (unpaired) electrons. The molecule has 0 saturated heterocycles. The van der Waals surface area contributed by atoms with E-state index in [9.17, 15) is 0 Å². The molecule has 0 aliphatic carbocycles. The number of rotatable bonds is 1. The molecule has 0 bridgehead atoms. The SMILES string of the molecule is C=N/[SiH]=C1/N=CC(C)=NC1=NC.